The summed E-state index contributed by atoms with van der Waals surface area (Å²) in [4.78, 5) is 0. The van der Waals surface area contributed by atoms with Crippen LogP contribution in [-0.2, 0) is 4.74 Å². The summed E-state index contributed by atoms with van der Waals surface area (Å²) in [6, 6.07) is 6.27. The Morgan fingerprint density at radius 1 is 1.35 bits per heavy atom. The van der Waals surface area contributed by atoms with E-state index in [1.807, 2.05) is 18.2 Å². The molecule has 1 aromatic carbocycles. The minimum Gasteiger partial charge on any atom is -0.495 e. The van der Waals surface area contributed by atoms with Crippen LogP contribution in [0.15, 0.2) is 18.2 Å². The van der Waals surface area contributed by atoms with Gasteiger partial charge in [-0.25, -0.2) is 0 Å². The van der Waals surface area contributed by atoms with Gasteiger partial charge in [0.05, 0.1) is 12.1 Å². The second-order valence-electron chi connectivity index (χ2n) is 4.23. The van der Waals surface area contributed by atoms with Gasteiger partial charge in [-0.1, -0.05) is 11.6 Å². The van der Waals surface area contributed by atoms with E-state index < -0.39 is 0 Å². The molecular weight excluding hydrogens is 238 g/mol. The third-order valence-electron chi connectivity index (χ3n) is 2.97. The molecule has 1 N–H and O–H groups in total. The summed E-state index contributed by atoms with van der Waals surface area (Å²) in [5, 5.41) is 4.13. The molecule has 1 aromatic rings. The van der Waals surface area contributed by atoms with Crippen molar-refractivity contribution < 1.29 is 9.47 Å². The number of nitrogens with one attached hydrogen (secondary N) is 1. The highest BCUT2D eigenvalue weighted by molar-refractivity contribution is 6.32. The molecular formula is C13H18ClNO2. The van der Waals surface area contributed by atoms with E-state index in [1.165, 1.54) is 0 Å². The maximum Gasteiger partial charge on any atom is 0.137 e. The molecule has 1 atom stereocenters. The fraction of sp³-hybridized carbons (Fsp3) is 0.538. The first kappa shape index (κ1) is 12.5. The van der Waals surface area contributed by atoms with Crippen LogP contribution in [-0.4, -0.2) is 26.4 Å². The molecule has 1 aliphatic rings. The smallest absolute Gasteiger partial charge is 0.137 e. The van der Waals surface area contributed by atoms with Crippen LogP contribution in [0, 0.1) is 0 Å². The van der Waals surface area contributed by atoms with E-state index in [9.17, 15) is 0 Å². The Morgan fingerprint density at radius 2 is 2.24 bits per heavy atom. The lowest BCUT2D eigenvalue weighted by molar-refractivity contribution is 0.144. The molecule has 17 heavy (non-hydrogen) atoms. The minimum atomic E-state index is 0.474. The van der Waals surface area contributed by atoms with Crippen molar-refractivity contribution in [3.63, 3.8) is 0 Å². The van der Waals surface area contributed by atoms with E-state index in [4.69, 9.17) is 21.1 Å². The molecule has 1 unspecified atom stereocenters. The van der Waals surface area contributed by atoms with E-state index in [0.29, 0.717) is 16.8 Å². The highest BCUT2D eigenvalue weighted by Gasteiger charge is 2.12. The lowest BCUT2D eigenvalue weighted by atomic mass is 10.1. The first-order chi connectivity index (χ1) is 8.29. The molecule has 0 radical (unpaired) electrons. The lowest BCUT2D eigenvalue weighted by Crippen LogP contribution is -2.19. The zero-order valence-corrected chi connectivity index (χ0v) is 10.8. The number of benzene rings is 1. The van der Waals surface area contributed by atoms with Crippen LogP contribution in [0.5, 0.6) is 5.75 Å². The van der Waals surface area contributed by atoms with Crippen molar-refractivity contribution in [1.82, 2.24) is 0 Å². The van der Waals surface area contributed by atoms with Gasteiger partial charge in [-0.2, -0.15) is 0 Å². The predicted octanol–water partition coefficient (Wildman–Crippen LogP) is 3.33. The lowest BCUT2D eigenvalue weighted by Gasteiger charge is -2.17. The van der Waals surface area contributed by atoms with E-state index in [2.05, 4.69) is 5.32 Å². The van der Waals surface area contributed by atoms with Gasteiger partial charge in [0.15, 0.2) is 0 Å². The van der Waals surface area contributed by atoms with Gasteiger partial charge < -0.3 is 14.8 Å². The molecule has 3 nitrogen and oxygen atoms in total. The summed E-state index contributed by atoms with van der Waals surface area (Å²) in [5.74, 6) is 0.710. The van der Waals surface area contributed by atoms with Crippen molar-refractivity contribution in [2.75, 3.05) is 25.6 Å². The summed E-state index contributed by atoms with van der Waals surface area (Å²) < 4.78 is 10.6. The van der Waals surface area contributed by atoms with Crippen molar-refractivity contribution in [3.05, 3.63) is 23.2 Å². The fourth-order valence-corrected chi connectivity index (χ4v) is 2.30. The van der Waals surface area contributed by atoms with Gasteiger partial charge in [-0.15, -0.1) is 0 Å². The number of ether oxygens (including phenoxy) is 2. The SMILES string of the molecule is COc1ccc(NC2CCCOCC2)cc1Cl. The minimum absolute atomic E-state index is 0.474. The Labute approximate surface area is 107 Å². The summed E-state index contributed by atoms with van der Waals surface area (Å²) in [7, 11) is 1.62. The number of hydrogen-bond acceptors (Lipinski definition) is 3. The van der Waals surface area contributed by atoms with E-state index in [0.717, 1.165) is 38.2 Å². The summed E-state index contributed by atoms with van der Waals surface area (Å²) in [6.45, 7) is 1.71. The van der Waals surface area contributed by atoms with E-state index in [-0.39, 0.29) is 0 Å². The van der Waals surface area contributed by atoms with Crippen LogP contribution in [0.1, 0.15) is 19.3 Å². The fourth-order valence-electron chi connectivity index (χ4n) is 2.04. The molecule has 94 valence electrons. The monoisotopic (exact) mass is 255 g/mol. The van der Waals surface area contributed by atoms with Crippen LogP contribution in [0.3, 0.4) is 0 Å². The number of halogens is 1. The second kappa shape index (κ2) is 6.12. The molecule has 0 saturated carbocycles. The Kier molecular flexibility index (Phi) is 4.51. The molecule has 0 spiro atoms. The summed E-state index contributed by atoms with van der Waals surface area (Å²) in [5.41, 5.74) is 1.04. The number of hydrogen-bond donors (Lipinski definition) is 1. The first-order valence-corrected chi connectivity index (χ1v) is 6.35. The molecule has 1 fully saturated rings. The summed E-state index contributed by atoms with van der Waals surface area (Å²) >= 11 is 6.09. The highest BCUT2D eigenvalue weighted by atomic mass is 35.5. The van der Waals surface area contributed by atoms with Crippen LogP contribution < -0.4 is 10.1 Å². The van der Waals surface area contributed by atoms with Gasteiger partial charge in [0.1, 0.15) is 5.75 Å². The number of anilines is 1. The largest absolute Gasteiger partial charge is 0.495 e. The van der Waals surface area contributed by atoms with Crippen LogP contribution in [0.25, 0.3) is 0 Å². The average Bonchev–Trinajstić information content (AvgIpc) is 2.58. The van der Waals surface area contributed by atoms with Gasteiger partial charge in [0.2, 0.25) is 0 Å². The molecule has 2 rings (SSSR count). The maximum absolute atomic E-state index is 6.09. The zero-order chi connectivity index (χ0) is 12.1. The highest BCUT2D eigenvalue weighted by Crippen LogP contribution is 2.28. The maximum atomic E-state index is 6.09. The Morgan fingerprint density at radius 3 is 3.00 bits per heavy atom. The van der Waals surface area contributed by atoms with Crippen LogP contribution in [0.4, 0.5) is 5.69 Å². The normalized spacial score (nSPS) is 20.7. The number of rotatable bonds is 3. The van der Waals surface area contributed by atoms with E-state index in [1.54, 1.807) is 7.11 Å². The van der Waals surface area contributed by atoms with Gasteiger partial charge in [-0.3, -0.25) is 0 Å². The van der Waals surface area contributed by atoms with E-state index >= 15 is 0 Å². The molecule has 0 aliphatic carbocycles. The molecule has 0 amide bonds. The molecule has 1 heterocycles. The van der Waals surface area contributed by atoms with Crippen molar-refractivity contribution in [2.24, 2.45) is 0 Å². The Hall–Kier alpha value is -0.930. The molecule has 4 heteroatoms. The van der Waals surface area contributed by atoms with Crippen LogP contribution in [0.2, 0.25) is 5.02 Å². The second-order valence-corrected chi connectivity index (χ2v) is 4.64. The Balaban J connectivity index is 1.99. The number of methoxy groups -OCH3 is 1. The molecule has 0 aromatic heterocycles. The average molecular weight is 256 g/mol. The summed E-state index contributed by atoms with van der Waals surface area (Å²) in [6.07, 6.45) is 3.30. The van der Waals surface area contributed by atoms with Gasteiger partial charge in [-0.05, 0) is 37.5 Å². The molecule has 0 bridgehead atoms. The Bertz CT molecular complexity index is 362. The van der Waals surface area contributed by atoms with Crippen molar-refractivity contribution in [2.45, 2.75) is 25.3 Å². The van der Waals surface area contributed by atoms with Crippen LogP contribution >= 0.6 is 11.6 Å². The van der Waals surface area contributed by atoms with Gasteiger partial charge >= 0.3 is 0 Å². The topological polar surface area (TPSA) is 30.5 Å². The first-order valence-electron chi connectivity index (χ1n) is 5.97. The van der Waals surface area contributed by atoms with Crippen molar-refractivity contribution in [3.8, 4) is 5.75 Å². The predicted molar refractivity (Wildman–Crippen MR) is 70.1 cm³/mol. The van der Waals surface area contributed by atoms with Crippen molar-refractivity contribution >= 4 is 17.3 Å². The molecule has 1 aliphatic heterocycles. The van der Waals surface area contributed by atoms with Gasteiger partial charge in [0.25, 0.3) is 0 Å². The standard InChI is InChI=1S/C13H18ClNO2/c1-16-13-5-4-11(9-12(13)14)15-10-3-2-7-17-8-6-10/h4-5,9-10,15H,2-3,6-8H2,1H3. The van der Waals surface area contributed by atoms with Gasteiger partial charge in [0, 0.05) is 24.9 Å². The zero-order valence-electron chi connectivity index (χ0n) is 10.0. The third kappa shape index (κ3) is 3.51. The quantitative estimate of drug-likeness (QED) is 0.899. The van der Waals surface area contributed by atoms with Crippen molar-refractivity contribution in [1.29, 1.82) is 0 Å². The molecule has 1 saturated heterocycles. The third-order valence-corrected chi connectivity index (χ3v) is 3.27.